The molecule has 2 aromatic rings. The molecule has 0 N–H and O–H groups in total. The Morgan fingerprint density at radius 1 is 0.957 bits per heavy atom. The van der Waals surface area contributed by atoms with Crippen molar-refractivity contribution in [2.45, 2.75) is 44.9 Å². The Hall–Kier alpha value is -1.84. The first-order valence-corrected chi connectivity index (χ1v) is 8.20. The van der Waals surface area contributed by atoms with Gasteiger partial charge in [-0.05, 0) is 54.7 Å². The van der Waals surface area contributed by atoms with Gasteiger partial charge in [0.05, 0.1) is 0 Å². The van der Waals surface area contributed by atoms with Crippen LogP contribution in [0.3, 0.4) is 0 Å². The van der Waals surface area contributed by atoms with Gasteiger partial charge in [0.1, 0.15) is 0 Å². The number of rotatable bonds is 3. The molecule has 0 spiro atoms. The molecule has 3 rings (SSSR count). The second-order valence-corrected chi connectivity index (χ2v) is 6.35. The largest absolute Gasteiger partial charge is 0.251 e. The Bertz CT molecular complexity index is 674. The van der Waals surface area contributed by atoms with Crippen LogP contribution < -0.4 is 0 Å². The lowest BCUT2D eigenvalue weighted by atomic mass is 9.78. The van der Waals surface area contributed by atoms with E-state index in [9.17, 15) is 13.2 Å². The van der Waals surface area contributed by atoms with Crippen LogP contribution in [-0.4, -0.2) is 4.98 Å². The number of halogens is 3. The molecule has 1 aliphatic carbocycles. The zero-order chi connectivity index (χ0) is 16.4. The summed E-state index contributed by atoms with van der Waals surface area (Å²) in [7, 11) is 0. The summed E-state index contributed by atoms with van der Waals surface area (Å²) >= 11 is 0. The minimum absolute atomic E-state index is 0.00913. The summed E-state index contributed by atoms with van der Waals surface area (Å²) in [5.74, 6) is -2.15. The van der Waals surface area contributed by atoms with Crippen molar-refractivity contribution in [2.75, 3.05) is 0 Å². The molecule has 1 nitrogen and oxygen atoms in total. The third-order valence-electron chi connectivity index (χ3n) is 5.00. The molecule has 0 saturated heterocycles. The van der Waals surface area contributed by atoms with Crippen LogP contribution in [0.15, 0.2) is 30.3 Å². The van der Waals surface area contributed by atoms with E-state index in [4.69, 9.17) is 0 Å². The van der Waals surface area contributed by atoms with E-state index in [0.717, 1.165) is 12.0 Å². The quantitative estimate of drug-likeness (QED) is 0.647. The molecule has 1 saturated carbocycles. The van der Waals surface area contributed by atoms with Crippen molar-refractivity contribution >= 4 is 0 Å². The highest BCUT2D eigenvalue weighted by Crippen LogP contribution is 2.37. The third kappa shape index (κ3) is 3.41. The van der Waals surface area contributed by atoms with E-state index in [0.29, 0.717) is 11.5 Å². The van der Waals surface area contributed by atoms with Crippen molar-refractivity contribution in [2.24, 2.45) is 5.92 Å². The van der Waals surface area contributed by atoms with E-state index in [1.807, 2.05) is 12.1 Å². The zero-order valence-electron chi connectivity index (χ0n) is 13.2. The fourth-order valence-corrected chi connectivity index (χ4v) is 3.49. The highest BCUT2D eigenvalue weighted by Gasteiger charge is 2.21. The Kier molecular flexibility index (Phi) is 4.69. The summed E-state index contributed by atoms with van der Waals surface area (Å²) in [4.78, 5) is 2.97. The fraction of sp³-hybridized carbons (Fsp3) is 0.421. The molecule has 0 radical (unpaired) electrons. The minimum Gasteiger partial charge on any atom is -0.202 e. The highest BCUT2D eigenvalue weighted by molar-refractivity contribution is 5.63. The maximum atomic E-state index is 13.7. The summed E-state index contributed by atoms with van der Waals surface area (Å²) in [6, 6.07) is 8.32. The highest BCUT2D eigenvalue weighted by atomic mass is 19.2. The fourth-order valence-electron chi connectivity index (χ4n) is 3.49. The van der Waals surface area contributed by atoms with Gasteiger partial charge in [0.2, 0.25) is 5.95 Å². The molecule has 1 aliphatic rings. The van der Waals surface area contributed by atoms with Crippen LogP contribution in [-0.2, 0) is 0 Å². The van der Waals surface area contributed by atoms with Gasteiger partial charge in [-0.1, -0.05) is 37.6 Å². The summed E-state index contributed by atoms with van der Waals surface area (Å²) < 4.78 is 39.9. The van der Waals surface area contributed by atoms with Crippen molar-refractivity contribution in [3.05, 3.63) is 53.6 Å². The molecule has 1 aromatic carbocycles. The predicted molar refractivity (Wildman–Crippen MR) is 84.5 cm³/mol. The van der Waals surface area contributed by atoms with Crippen molar-refractivity contribution in [3.63, 3.8) is 0 Å². The van der Waals surface area contributed by atoms with Crippen LogP contribution in [0, 0.1) is 23.6 Å². The first kappa shape index (κ1) is 16.0. The monoisotopic (exact) mass is 319 g/mol. The molecule has 1 fully saturated rings. The first-order valence-electron chi connectivity index (χ1n) is 8.20. The van der Waals surface area contributed by atoms with Gasteiger partial charge < -0.3 is 0 Å². The molecule has 4 heteroatoms. The topological polar surface area (TPSA) is 12.9 Å². The number of nitrogens with zero attached hydrogens (tertiary/aromatic N) is 1. The lowest BCUT2D eigenvalue weighted by molar-refractivity contribution is 0.319. The van der Waals surface area contributed by atoms with E-state index < -0.39 is 17.7 Å². The average molecular weight is 319 g/mol. The van der Waals surface area contributed by atoms with Gasteiger partial charge in [0.15, 0.2) is 5.82 Å². The summed E-state index contributed by atoms with van der Waals surface area (Å²) in [6.45, 7) is 2.24. The lowest BCUT2D eigenvalue weighted by Gasteiger charge is -2.28. The van der Waals surface area contributed by atoms with Crippen molar-refractivity contribution < 1.29 is 13.2 Å². The Morgan fingerprint density at radius 2 is 1.61 bits per heavy atom. The molecule has 122 valence electrons. The van der Waals surface area contributed by atoms with E-state index in [2.05, 4.69) is 11.9 Å². The van der Waals surface area contributed by atoms with E-state index >= 15 is 0 Å². The SMILES string of the molecule is CC[C@H]1CC[C@H](c2ccc(-c3cc(F)c(F)nc3F)cc2)CC1. The van der Waals surface area contributed by atoms with Gasteiger partial charge in [-0.15, -0.1) is 0 Å². The standard InChI is InChI=1S/C19H20F3N/c1-2-12-3-5-13(6-4-12)14-7-9-15(10-8-14)16-11-17(20)19(22)23-18(16)21/h7-13H,2-6H2,1H3/t12-,13-. The molecule has 1 heterocycles. The van der Waals surface area contributed by atoms with Crippen LogP contribution in [0.1, 0.15) is 50.5 Å². The van der Waals surface area contributed by atoms with Crippen LogP contribution in [0.4, 0.5) is 13.2 Å². The molecule has 0 atom stereocenters. The summed E-state index contributed by atoms with van der Waals surface area (Å²) in [5.41, 5.74) is 1.74. The van der Waals surface area contributed by atoms with Crippen molar-refractivity contribution in [1.29, 1.82) is 0 Å². The third-order valence-corrected chi connectivity index (χ3v) is 5.00. The van der Waals surface area contributed by atoms with E-state index in [1.165, 1.54) is 37.7 Å². The van der Waals surface area contributed by atoms with Gasteiger partial charge in [0.25, 0.3) is 5.95 Å². The van der Waals surface area contributed by atoms with E-state index in [1.54, 1.807) is 12.1 Å². The molecule has 0 amide bonds. The normalized spacial score (nSPS) is 21.4. The van der Waals surface area contributed by atoms with E-state index in [-0.39, 0.29) is 5.56 Å². The van der Waals surface area contributed by atoms with Crippen LogP contribution >= 0.6 is 0 Å². The molecule has 0 aliphatic heterocycles. The van der Waals surface area contributed by atoms with Crippen LogP contribution in [0.25, 0.3) is 11.1 Å². The molecule has 23 heavy (non-hydrogen) atoms. The van der Waals surface area contributed by atoms with Gasteiger partial charge >= 0.3 is 0 Å². The molecular weight excluding hydrogens is 299 g/mol. The minimum atomic E-state index is -1.41. The summed E-state index contributed by atoms with van der Waals surface area (Å²) in [5, 5.41) is 0. The van der Waals surface area contributed by atoms with Crippen LogP contribution in [0.2, 0.25) is 0 Å². The second kappa shape index (κ2) is 6.73. The van der Waals surface area contributed by atoms with Gasteiger partial charge in [-0.3, -0.25) is 0 Å². The van der Waals surface area contributed by atoms with Crippen molar-refractivity contribution in [1.82, 2.24) is 4.98 Å². The maximum Gasteiger partial charge on any atom is 0.251 e. The first-order chi connectivity index (χ1) is 11.1. The number of pyridine rings is 1. The number of hydrogen-bond donors (Lipinski definition) is 0. The second-order valence-electron chi connectivity index (χ2n) is 6.35. The Morgan fingerprint density at radius 3 is 2.22 bits per heavy atom. The molecule has 1 aromatic heterocycles. The van der Waals surface area contributed by atoms with Gasteiger partial charge in [-0.2, -0.15) is 13.8 Å². The van der Waals surface area contributed by atoms with Gasteiger partial charge in [0, 0.05) is 5.56 Å². The number of benzene rings is 1. The lowest BCUT2D eigenvalue weighted by Crippen LogP contribution is -2.12. The molecular formula is C19H20F3N. The Balaban J connectivity index is 1.79. The van der Waals surface area contributed by atoms with Gasteiger partial charge in [-0.25, -0.2) is 4.39 Å². The average Bonchev–Trinajstić information content (AvgIpc) is 2.58. The van der Waals surface area contributed by atoms with Crippen molar-refractivity contribution in [3.8, 4) is 11.1 Å². The summed E-state index contributed by atoms with van der Waals surface area (Å²) in [6.07, 6.45) is 6.11. The zero-order valence-corrected chi connectivity index (χ0v) is 13.2. The molecule has 0 unspecified atom stereocenters. The Labute approximate surface area is 134 Å². The smallest absolute Gasteiger partial charge is 0.202 e. The number of hydrogen-bond acceptors (Lipinski definition) is 1. The molecule has 0 bridgehead atoms. The predicted octanol–water partition coefficient (Wildman–Crippen LogP) is 5.85. The van der Waals surface area contributed by atoms with Crippen LogP contribution in [0.5, 0.6) is 0 Å². The number of aromatic nitrogens is 1. The maximum absolute atomic E-state index is 13.7.